The van der Waals surface area contributed by atoms with Crippen molar-refractivity contribution in [2.75, 3.05) is 13.2 Å². The van der Waals surface area contributed by atoms with E-state index < -0.39 is 0 Å². The van der Waals surface area contributed by atoms with Gasteiger partial charge in [-0.2, -0.15) is 0 Å². The van der Waals surface area contributed by atoms with E-state index in [1.807, 2.05) is 0 Å². The van der Waals surface area contributed by atoms with Crippen LogP contribution in [-0.4, -0.2) is 45.3 Å². The summed E-state index contributed by atoms with van der Waals surface area (Å²) in [7, 11) is 0. The molecule has 1 aromatic rings. The van der Waals surface area contributed by atoms with Gasteiger partial charge in [0.2, 0.25) is 0 Å². The molecule has 1 atom stereocenters. The number of aliphatic hydroxyl groups excluding tert-OH is 1. The molecule has 0 aromatic carbocycles. The van der Waals surface area contributed by atoms with Gasteiger partial charge in [-0.3, -0.25) is 4.79 Å². The first-order chi connectivity index (χ1) is 9.13. The van der Waals surface area contributed by atoms with Crippen molar-refractivity contribution < 1.29 is 9.90 Å². The Bertz CT molecular complexity index is 470. The highest BCUT2D eigenvalue weighted by molar-refractivity contribution is 6.34. The maximum atomic E-state index is 12.4. The minimum atomic E-state index is -0.165. The number of hydrogen-bond donors (Lipinski definition) is 1. The van der Waals surface area contributed by atoms with Crippen LogP contribution in [-0.2, 0) is 0 Å². The maximum absolute atomic E-state index is 12.4. The third-order valence-corrected chi connectivity index (χ3v) is 3.75. The molecule has 0 spiro atoms. The Kier molecular flexibility index (Phi) is 4.96. The number of likely N-dealkylation sites (tertiary alicyclic amines) is 1. The van der Waals surface area contributed by atoms with E-state index >= 15 is 0 Å². The smallest absolute Gasteiger partial charge is 0.257 e. The predicted octanol–water partition coefficient (Wildman–Crippen LogP) is 2.16. The second kappa shape index (κ2) is 6.50. The summed E-state index contributed by atoms with van der Waals surface area (Å²) in [6, 6.07) is 1.60. The van der Waals surface area contributed by atoms with Gasteiger partial charge in [-0.25, -0.2) is 0 Å². The van der Waals surface area contributed by atoms with Crippen LogP contribution < -0.4 is 0 Å². The molecule has 1 unspecified atom stereocenters. The average molecular weight is 304 g/mol. The molecule has 1 aliphatic rings. The number of hydrogen-bond acceptors (Lipinski definition) is 4. The van der Waals surface area contributed by atoms with Gasteiger partial charge in [0.1, 0.15) is 0 Å². The molecule has 0 radical (unpaired) electrons. The van der Waals surface area contributed by atoms with E-state index in [1.165, 1.54) is 6.07 Å². The Hall–Kier alpha value is -0.910. The van der Waals surface area contributed by atoms with Gasteiger partial charge < -0.3 is 10.0 Å². The zero-order valence-corrected chi connectivity index (χ0v) is 11.9. The number of aromatic nitrogens is 2. The Balaban J connectivity index is 2.16. The Morgan fingerprint density at radius 3 is 3.00 bits per heavy atom. The molecule has 19 heavy (non-hydrogen) atoms. The fourth-order valence-electron chi connectivity index (χ4n) is 2.39. The molecular weight excluding hydrogens is 289 g/mol. The largest absolute Gasteiger partial charge is 0.396 e. The second-order valence-corrected chi connectivity index (χ2v) is 5.28. The summed E-state index contributed by atoms with van der Waals surface area (Å²) in [5, 5.41) is 16.4. The predicted molar refractivity (Wildman–Crippen MR) is 72.4 cm³/mol. The second-order valence-electron chi connectivity index (χ2n) is 4.53. The molecule has 0 bridgehead atoms. The number of carbonyl (C=O) groups is 1. The van der Waals surface area contributed by atoms with Gasteiger partial charge in [0, 0.05) is 19.2 Å². The van der Waals surface area contributed by atoms with Crippen molar-refractivity contribution in [3.05, 3.63) is 21.9 Å². The van der Waals surface area contributed by atoms with E-state index in [1.54, 1.807) is 4.90 Å². The number of nitrogens with zero attached hydrogens (tertiary/aromatic N) is 3. The molecule has 1 aliphatic heterocycles. The molecule has 1 aromatic heterocycles. The Labute approximate surface area is 121 Å². The van der Waals surface area contributed by atoms with E-state index in [-0.39, 0.29) is 34.4 Å². The number of rotatable bonds is 4. The van der Waals surface area contributed by atoms with Crippen LogP contribution >= 0.6 is 23.2 Å². The monoisotopic (exact) mass is 303 g/mol. The third kappa shape index (κ3) is 3.35. The lowest BCUT2D eigenvalue weighted by atomic mass is 10.1. The zero-order valence-electron chi connectivity index (χ0n) is 10.4. The van der Waals surface area contributed by atoms with Crippen molar-refractivity contribution in [1.82, 2.24) is 15.1 Å². The van der Waals surface area contributed by atoms with Gasteiger partial charge in [-0.15, -0.1) is 10.2 Å². The van der Waals surface area contributed by atoms with Crippen LogP contribution in [0.25, 0.3) is 0 Å². The van der Waals surface area contributed by atoms with Crippen LogP contribution in [0.3, 0.4) is 0 Å². The summed E-state index contributed by atoms with van der Waals surface area (Å²) >= 11 is 11.7. The fraction of sp³-hybridized carbons (Fsp3) is 0.583. The fourth-order valence-corrected chi connectivity index (χ4v) is 2.71. The molecule has 0 aliphatic carbocycles. The van der Waals surface area contributed by atoms with E-state index in [0.717, 1.165) is 19.3 Å². The van der Waals surface area contributed by atoms with E-state index in [0.29, 0.717) is 13.0 Å². The summed E-state index contributed by atoms with van der Waals surface area (Å²) in [6.07, 6.45) is 3.41. The van der Waals surface area contributed by atoms with Crippen LogP contribution in [0.2, 0.25) is 10.3 Å². The SMILES string of the molecule is O=C(c1cc(Cl)nnc1Cl)N1CCCC1CCCO. The Morgan fingerprint density at radius 2 is 2.26 bits per heavy atom. The van der Waals surface area contributed by atoms with Gasteiger partial charge in [0.25, 0.3) is 5.91 Å². The van der Waals surface area contributed by atoms with Crippen LogP contribution in [0.15, 0.2) is 6.07 Å². The van der Waals surface area contributed by atoms with Crippen LogP contribution in [0.5, 0.6) is 0 Å². The van der Waals surface area contributed by atoms with Crippen molar-refractivity contribution in [3.8, 4) is 0 Å². The van der Waals surface area contributed by atoms with Gasteiger partial charge >= 0.3 is 0 Å². The van der Waals surface area contributed by atoms with Crippen molar-refractivity contribution in [2.45, 2.75) is 31.7 Å². The van der Waals surface area contributed by atoms with E-state index in [4.69, 9.17) is 28.3 Å². The standard InChI is InChI=1S/C12H15Cl2N3O2/c13-10-7-9(11(14)16-15-10)12(19)17-5-1-3-8(17)4-2-6-18/h7-8,18H,1-6H2. The van der Waals surface area contributed by atoms with Gasteiger partial charge in [-0.05, 0) is 31.7 Å². The van der Waals surface area contributed by atoms with Gasteiger partial charge in [0.15, 0.2) is 10.3 Å². The van der Waals surface area contributed by atoms with Crippen LogP contribution in [0, 0.1) is 0 Å². The normalized spacial score (nSPS) is 18.9. The first-order valence-electron chi connectivity index (χ1n) is 6.24. The minimum absolute atomic E-state index is 0.0715. The summed E-state index contributed by atoms with van der Waals surface area (Å²) in [5.41, 5.74) is 0.289. The Morgan fingerprint density at radius 1 is 1.47 bits per heavy atom. The molecule has 2 heterocycles. The highest BCUT2D eigenvalue weighted by Crippen LogP contribution is 2.26. The molecule has 1 fully saturated rings. The molecule has 1 N–H and O–H groups in total. The first kappa shape index (κ1) is 14.5. The highest BCUT2D eigenvalue weighted by atomic mass is 35.5. The first-order valence-corrected chi connectivity index (χ1v) is 6.99. The molecule has 1 saturated heterocycles. The molecule has 1 amide bonds. The molecule has 0 saturated carbocycles. The van der Waals surface area contributed by atoms with Crippen molar-refractivity contribution in [3.63, 3.8) is 0 Å². The van der Waals surface area contributed by atoms with Crippen molar-refractivity contribution in [2.24, 2.45) is 0 Å². The topological polar surface area (TPSA) is 66.3 Å². The summed E-state index contributed by atoms with van der Waals surface area (Å²) in [5.74, 6) is -0.165. The molecule has 104 valence electrons. The van der Waals surface area contributed by atoms with Gasteiger partial charge in [-0.1, -0.05) is 23.2 Å². The lowest BCUT2D eigenvalue weighted by Crippen LogP contribution is -2.36. The van der Waals surface area contributed by atoms with Crippen molar-refractivity contribution >= 4 is 29.1 Å². The number of amides is 1. The maximum Gasteiger partial charge on any atom is 0.257 e. The van der Waals surface area contributed by atoms with E-state index in [2.05, 4.69) is 10.2 Å². The summed E-state index contributed by atoms with van der Waals surface area (Å²) in [4.78, 5) is 14.2. The highest BCUT2D eigenvalue weighted by Gasteiger charge is 2.30. The van der Waals surface area contributed by atoms with Crippen molar-refractivity contribution in [1.29, 1.82) is 0 Å². The quantitative estimate of drug-likeness (QED) is 0.925. The lowest BCUT2D eigenvalue weighted by molar-refractivity contribution is 0.0724. The minimum Gasteiger partial charge on any atom is -0.396 e. The number of halogens is 2. The molecule has 7 heteroatoms. The average Bonchev–Trinajstić information content (AvgIpc) is 2.86. The lowest BCUT2D eigenvalue weighted by Gasteiger charge is -2.24. The zero-order chi connectivity index (χ0) is 13.8. The van der Waals surface area contributed by atoms with Gasteiger partial charge in [0.05, 0.1) is 5.56 Å². The molecule has 5 nitrogen and oxygen atoms in total. The number of aliphatic hydroxyl groups is 1. The summed E-state index contributed by atoms with van der Waals surface area (Å²) < 4.78 is 0. The van der Waals surface area contributed by atoms with Crippen LogP contribution in [0.1, 0.15) is 36.0 Å². The third-order valence-electron chi connectivity index (χ3n) is 3.28. The molecular formula is C12H15Cl2N3O2. The molecule has 2 rings (SSSR count). The number of carbonyl (C=O) groups excluding carboxylic acids is 1. The summed E-state index contributed by atoms with van der Waals surface area (Å²) in [6.45, 7) is 0.840. The van der Waals surface area contributed by atoms with Crippen LogP contribution in [0.4, 0.5) is 0 Å². The van der Waals surface area contributed by atoms with E-state index in [9.17, 15) is 4.79 Å².